The van der Waals surface area contributed by atoms with Gasteiger partial charge in [-0.15, -0.1) is 0 Å². The fourth-order valence-electron chi connectivity index (χ4n) is 1.45. The van der Waals surface area contributed by atoms with Gasteiger partial charge >= 0.3 is 0 Å². The first-order valence-electron chi connectivity index (χ1n) is 4.93. The SMILES string of the molecule is N[C@H]1C[C@H]1NS(=O)(=O)c1ccccc1[N+](=O)[O-]. The van der Waals surface area contributed by atoms with E-state index in [0.29, 0.717) is 6.42 Å². The van der Waals surface area contributed by atoms with Crippen LogP contribution in [-0.2, 0) is 10.0 Å². The van der Waals surface area contributed by atoms with Crippen LogP contribution in [0.1, 0.15) is 6.42 Å². The molecule has 0 radical (unpaired) electrons. The van der Waals surface area contributed by atoms with Crippen LogP contribution in [0, 0.1) is 10.1 Å². The molecule has 17 heavy (non-hydrogen) atoms. The number of nitrogens with two attached hydrogens (primary N) is 1. The minimum absolute atomic E-state index is 0.201. The largest absolute Gasteiger partial charge is 0.326 e. The average Bonchev–Trinajstić information content (AvgIpc) is 2.93. The normalized spacial score (nSPS) is 23.4. The van der Waals surface area contributed by atoms with Gasteiger partial charge in [-0.05, 0) is 12.5 Å². The third kappa shape index (κ3) is 2.43. The summed E-state index contributed by atoms with van der Waals surface area (Å²) in [4.78, 5) is 9.67. The molecule has 1 aromatic carbocycles. The van der Waals surface area contributed by atoms with Gasteiger partial charge in [0.25, 0.3) is 5.69 Å². The van der Waals surface area contributed by atoms with Crippen molar-refractivity contribution in [3.05, 3.63) is 34.4 Å². The van der Waals surface area contributed by atoms with Crippen LogP contribution in [-0.4, -0.2) is 25.4 Å². The molecule has 0 bridgehead atoms. The summed E-state index contributed by atoms with van der Waals surface area (Å²) >= 11 is 0. The summed E-state index contributed by atoms with van der Waals surface area (Å²) in [7, 11) is -3.88. The minimum Gasteiger partial charge on any atom is -0.326 e. The summed E-state index contributed by atoms with van der Waals surface area (Å²) in [6.07, 6.45) is 0.555. The highest BCUT2D eigenvalue weighted by Crippen LogP contribution is 2.26. The van der Waals surface area contributed by atoms with Gasteiger partial charge in [-0.2, -0.15) is 0 Å². The van der Waals surface area contributed by atoms with Gasteiger partial charge in [0.15, 0.2) is 4.90 Å². The van der Waals surface area contributed by atoms with E-state index in [2.05, 4.69) is 4.72 Å². The molecule has 1 saturated carbocycles. The molecule has 2 atom stereocenters. The predicted octanol–water partition coefficient (Wildman–Crippen LogP) is -0.0273. The molecule has 8 heteroatoms. The highest BCUT2D eigenvalue weighted by atomic mass is 32.2. The van der Waals surface area contributed by atoms with E-state index in [-0.39, 0.29) is 17.0 Å². The quantitative estimate of drug-likeness (QED) is 0.580. The van der Waals surface area contributed by atoms with Crippen LogP contribution in [0.15, 0.2) is 29.2 Å². The lowest BCUT2D eigenvalue weighted by Crippen LogP contribution is -2.30. The lowest BCUT2D eigenvalue weighted by atomic mass is 10.3. The van der Waals surface area contributed by atoms with Crippen molar-refractivity contribution in [2.24, 2.45) is 5.73 Å². The van der Waals surface area contributed by atoms with Crippen molar-refractivity contribution in [1.29, 1.82) is 0 Å². The van der Waals surface area contributed by atoms with Gasteiger partial charge < -0.3 is 5.73 Å². The topological polar surface area (TPSA) is 115 Å². The Bertz CT molecular complexity index is 557. The highest BCUT2D eigenvalue weighted by Gasteiger charge is 2.38. The highest BCUT2D eigenvalue weighted by molar-refractivity contribution is 7.89. The zero-order valence-corrected chi connectivity index (χ0v) is 9.55. The van der Waals surface area contributed by atoms with Gasteiger partial charge in [0.05, 0.1) is 4.92 Å². The molecule has 0 amide bonds. The number of hydrogen-bond acceptors (Lipinski definition) is 5. The summed E-state index contributed by atoms with van der Waals surface area (Å²) in [6.45, 7) is 0. The monoisotopic (exact) mass is 257 g/mol. The first-order valence-corrected chi connectivity index (χ1v) is 6.41. The van der Waals surface area contributed by atoms with Gasteiger partial charge in [-0.25, -0.2) is 13.1 Å². The van der Waals surface area contributed by atoms with E-state index in [0.717, 1.165) is 6.07 Å². The smallest absolute Gasteiger partial charge is 0.289 e. The maximum absolute atomic E-state index is 11.9. The molecule has 0 spiro atoms. The van der Waals surface area contributed by atoms with Crippen molar-refractivity contribution < 1.29 is 13.3 Å². The van der Waals surface area contributed by atoms with E-state index in [1.54, 1.807) is 0 Å². The second-order valence-corrected chi connectivity index (χ2v) is 5.53. The summed E-state index contributed by atoms with van der Waals surface area (Å²) < 4.78 is 26.1. The summed E-state index contributed by atoms with van der Waals surface area (Å²) in [5, 5.41) is 10.7. The zero-order valence-electron chi connectivity index (χ0n) is 8.74. The third-order valence-corrected chi connectivity index (χ3v) is 4.04. The molecule has 0 heterocycles. The van der Waals surface area contributed by atoms with Crippen molar-refractivity contribution in [3.8, 4) is 0 Å². The summed E-state index contributed by atoms with van der Waals surface area (Å²) in [6, 6.07) is 4.69. The third-order valence-electron chi connectivity index (χ3n) is 2.50. The van der Waals surface area contributed by atoms with Crippen molar-refractivity contribution >= 4 is 15.7 Å². The van der Waals surface area contributed by atoms with Crippen LogP contribution < -0.4 is 10.5 Å². The fourth-order valence-corrected chi connectivity index (χ4v) is 2.92. The van der Waals surface area contributed by atoms with Crippen molar-refractivity contribution in [1.82, 2.24) is 4.72 Å². The molecule has 0 aliphatic heterocycles. The summed E-state index contributed by atoms with van der Waals surface area (Å²) in [5.74, 6) is 0. The van der Waals surface area contributed by atoms with E-state index in [9.17, 15) is 18.5 Å². The van der Waals surface area contributed by atoms with Gasteiger partial charge in [-0.3, -0.25) is 10.1 Å². The summed E-state index contributed by atoms with van der Waals surface area (Å²) in [5.41, 5.74) is 5.05. The maximum atomic E-state index is 11.9. The lowest BCUT2D eigenvalue weighted by molar-refractivity contribution is -0.387. The Kier molecular flexibility index (Phi) is 2.86. The van der Waals surface area contributed by atoms with Crippen LogP contribution in [0.5, 0.6) is 0 Å². The van der Waals surface area contributed by atoms with Crippen LogP contribution in [0.25, 0.3) is 0 Å². The van der Waals surface area contributed by atoms with Crippen LogP contribution >= 0.6 is 0 Å². The van der Waals surface area contributed by atoms with Gasteiger partial charge in [-0.1, -0.05) is 12.1 Å². The lowest BCUT2D eigenvalue weighted by Gasteiger charge is -2.05. The molecule has 3 N–H and O–H groups in total. The average molecular weight is 257 g/mol. The fraction of sp³-hybridized carbons (Fsp3) is 0.333. The molecule has 1 aliphatic carbocycles. The number of nitro groups is 1. The Morgan fingerprint density at radius 3 is 2.53 bits per heavy atom. The zero-order chi connectivity index (χ0) is 12.6. The number of nitrogens with one attached hydrogen (secondary N) is 1. The number of hydrogen-bond donors (Lipinski definition) is 2. The standard InChI is InChI=1S/C9H11N3O4S/c10-6-5-7(6)11-17(15,16)9-4-2-1-3-8(9)12(13)14/h1-4,6-7,11H,5,10H2/t6-,7+/m0/s1. The van der Waals surface area contributed by atoms with E-state index in [4.69, 9.17) is 5.73 Å². The van der Waals surface area contributed by atoms with Crippen LogP contribution in [0.3, 0.4) is 0 Å². The first-order chi connectivity index (χ1) is 7.92. The Morgan fingerprint density at radius 1 is 1.41 bits per heavy atom. The van der Waals surface area contributed by atoms with E-state index >= 15 is 0 Å². The minimum atomic E-state index is -3.88. The molecule has 1 aliphatic rings. The second kappa shape index (κ2) is 4.06. The van der Waals surface area contributed by atoms with Crippen molar-refractivity contribution in [3.63, 3.8) is 0 Å². The molecule has 92 valence electrons. The van der Waals surface area contributed by atoms with E-state index < -0.39 is 20.6 Å². The Hall–Kier alpha value is -1.51. The Labute approximate surface area is 97.8 Å². The Balaban J connectivity index is 2.35. The molecule has 0 saturated heterocycles. The maximum Gasteiger partial charge on any atom is 0.289 e. The molecule has 0 unspecified atom stereocenters. The number of benzene rings is 1. The van der Waals surface area contributed by atoms with Gasteiger partial charge in [0, 0.05) is 18.2 Å². The van der Waals surface area contributed by atoms with Gasteiger partial charge in [0.2, 0.25) is 10.0 Å². The second-order valence-electron chi connectivity index (χ2n) is 3.85. The molecule has 0 aromatic heterocycles. The van der Waals surface area contributed by atoms with Gasteiger partial charge in [0.1, 0.15) is 0 Å². The van der Waals surface area contributed by atoms with E-state index in [1.807, 2.05) is 0 Å². The molecule has 2 rings (SSSR count). The molecule has 1 aromatic rings. The number of para-hydroxylation sites is 1. The predicted molar refractivity (Wildman–Crippen MR) is 59.8 cm³/mol. The molecule has 1 fully saturated rings. The van der Waals surface area contributed by atoms with Crippen LogP contribution in [0.2, 0.25) is 0 Å². The first kappa shape index (κ1) is 12.0. The molecular weight excluding hydrogens is 246 g/mol. The van der Waals surface area contributed by atoms with Crippen molar-refractivity contribution in [2.45, 2.75) is 23.4 Å². The number of nitrogens with zero attached hydrogens (tertiary/aromatic N) is 1. The Morgan fingerprint density at radius 2 is 2.00 bits per heavy atom. The van der Waals surface area contributed by atoms with E-state index in [1.165, 1.54) is 18.2 Å². The molecular formula is C9H11N3O4S. The molecule has 7 nitrogen and oxygen atoms in total. The number of sulfonamides is 1. The van der Waals surface area contributed by atoms with Crippen LogP contribution in [0.4, 0.5) is 5.69 Å². The number of nitro benzene ring substituents is 1. The van der Waals surface area contributed by atoms with Crippen molar-refractivity contribution in [2.75, 3.05) is 0 Å². The number of rotatable bonds is 4.